The summed E-state index contributed by atoms with van der Waals surface area (Å²) in [7, 11) is 1.65. The number of nitrogens with zero attached hydrogens (tertiary/aromatic N) is 2. The molecule has 0 saturated carbocycles. The first kappa shape index (κ1) is 23.5. The summed E-state index contributed by atoms with van der Waals surface area (Å²) in [6.07, 6.45) is 3.20. The number of hydrogen-bond donors (Lipinski definition) is 0. The Kier molecular flexibility index (Phi) is 6.82. The quantitative estimate of drug-likeness (QED) is 0.500. The molecule has 1 amide bonds. The molecule has 2 fully saturated rings. The maximum atomic E-state index is 14.4. The predicted molar refractivity (Wildman–Crippen MR) is 133 cm³/mol. The maximum absolute atomic E-state index is 14.4. The van der Waals surface area contributed by atoms with Gasteiger partial charge in [0.15, 0.2) is 0 Å². The molecule has 2 aliphatic heterocycles. The highest BCUT2D eigenvalue weighted by Crippen LogP contribution is 2.39. The molecule has 2 saturated heterocycles. The molecule has 1 atom stereocenters. The van der Waals surface area contributed by atoms with Crippen LogP contribution in [0.15, 0.2) is 66.7 Å². The van der Waals surface area contributed by atoms with E-state index < -0.39 is 5.41 Å². The van der Waals surface area contributed by atoms with Crippen LogP contribution >= 0.6 is 0 Å². The average molecular weight is 475 g/mol. The zero-order valence-corrected chi connectivity index (χ0v) is 20.1. The molecular formula is C29H31FN2O3. The molecule has 0 N–H and O–H groups in total. The fourth-order valence-corrected chi connectivity index (χ4v) is 5.46. The molecule has 1 aromatic heterocycles. The summed E-state index contributed by atoms with van der Waals surface area (Å²) in [4.78, 5) is 20.9. The number of carbonyl (C=O) groups is 1. The molecule has 2 aromatic carbocycles. The van der Waals surface area contributed by atoms with E-state index in [1.165, 1.54) is 6.07 Å². The van der Waals surface area contributed by atoms with Gasteiger partial charge in [-0.05, 0) is 67.6 Å². The molecule has 6 heteroatoms. The van der Waals surface area contributed by atoms with E-state index in [0.29, 0.717) is 43.9 Å². The molecule has 0 aliphatic carbocycles. The van der Waals surface area contributed by atoms with Gasteiger partial charge in [0.25, 0.3) is 0 Å². The predicted octanol–water partition coefficient (Wildman–Crippen LogP) is 5.35. The van der Waals surface area contributed by atoms with Crippen molar-refractivity contribution in [2.75, 3.05) is 33.4 Å². The van der Waals surface area contributed by atoms with Gasteiger partial charge in [-0.25, -0.2) is 4.39 Å². The third-order valence-electron chi connectivity index (χ3n) is 7.45. The zero-order chi connectivity index (χ0) is 24.3. The highest BCUT2D eigenvalue weighted by Gasteiger charge is 2.45. The normalized spacial score (nSPS) is 19.8. The summed E-state index contributed by atoms with van der Waals surface area (Å²) >= 11 is 0. The third kappa shape index (κ3) is 4.67. The lowest BCUT2D eigenvalue weighted by molar-refractivity contribution is -0.142. The van der Waals surface area contributed by atoms with Crippen LogP contribution in [0, 0.1) is 5.82 Å². The van der Waals surface area contributed by atoms with E-state index in [9.17, 15) is 9.18 Å². The summed E-state index contributed by atoms with van der Waals surface area (Å²) in [6, 6.07) is 20.4. The van der Waals surface area contributed by atoms with Gasteiger partial charge in [-0.2, -0.15) is 0 Å². The van der Waals surface area contributed by atoms with Crippen molar-refractivity contribution in [1.29, 1.82) is 0 Å². The van der Waals surface area contributed by atoms with Crippen molar-refractivity contribution in [3.8, 4) is 17.0 Å². The minimum Gasteiger partial charge on any atom is -0.497 e. The molecule has 3 aromatic rings. The van der Waals surface area contributed by atoms with Crippen LogP contribution in [0.4, 0.5) is 4.39 Å². The van der Waals surface area contributed by atoms with Crippen LogP contribution < -0.4 is 4.74 Å². The highest BCUT2D eigenvalue weighted by atomic mass is 19.1. The van der Waals surface area contributed by atoms with E-state index in [0.717, 1.165) is 36.4 Å². The molecule has 1 unspecified atom stereocenters. The molecule has 0 bridgehead atoms. The smallest absolute Gasteiger partial charge is 0.233 e. The maximum Gasteiger partial charge on any atom is 0.233 e. The third-order valence-corrected chi connectivity index (χ3v) is 7.45. The van der Waals surface area contributed by atoms with E-state index in [2.05, 4.69) is 0 Å². The number of rotatable bonds is 5. The molecule has 0 spiro atoms. The van der Waals surface area contributed by atoms with Crippen LogP contribution in [0.3, 0.4) is 0 Å². The van der Waals surface area contributed by atoms with Crippen LogP contribution in [0.5, 0.6) is 5.75 Å². The number of methoxy groups -OCH3 is 1. The monoisotopic (exact) mass is 474 g/mol. The first-order valence-electron chi connectivity index (χ1n) is 12.3. The number of piperidine rings is 1. The first-order valence-corrected chi connectivity index (χ1v) is 12.3. The molecule has 5 nitrogen and oxygen atoms in total. The Morgan fingerprint density at radius 3 is 2.57 bits per heavy atom. The van der Waals surface area contributed by atoms with Gasteiger partial charge in [-0.3, -0.25) is 9.78 Å². The number of halogens is 1. The van der Waals surface area contributed by atoms with Crippen molar-refractivity contribution in [3.63, 3.8) is 0 Å². The number of carbonyl (C=O) groups excluding carboxylic acids is 1. The van der Waals surface area contributed by atoms with E-state index in [-0.39, 0.29) is 17.6 Å². The summed E-state index contributed by atoms with van der Waals surface area (Å²) < 4.78 is 25.3. The number of hydrogen-bond acceptors (Lipinski definition) is 4. The minimum atomic E-state index is -0.588. The fourth-order valence-electron chi connectivity index (χ4n) is 5.46. The lowest BCUT2D eigenvalue weighted by Gasteiger charge is -2.42. The largest absolute Gasteiger partial charge is 0.497 e. The second-order valence-electron chi connectivity index (χ2n) is 9.44. The first-order chi connectivity index (χ1) is 17.1. The van der Waals surface area contributed by atoms with Crippen molar-refractivity contribution in [2.24, 2.45) is 0 Å². The number of likely N-dealkylation sites (tertiary alicyclic amines) is 1. The molecule has 182 valence electrons. The van der Waals surface area contributed by atoms with Crippen molar-refractivity contribution in [1.82, 2.24) is 9.88 Å². The Hall–Kier alpha value is -3.25. The fraction of sp³-hybridized carbons (Fsp3) is 0.379. The Bertz CT molecular complexity index is 1170. The number of pyridine rings is 1. The molecule has 5 rings (SSSR count). The van der Waals surface area contributed by atoms with E-state index >= 15 is 0 Å². The number of amides is 1. The van der Waals surface area contributed by atoms with Gasteiger partial charge in [-0.15, -0.1) is 0 Å². The molecular weight excluding hydrogens is 443 g/mol. The van der Waals surface area contributed by atoms with Crippen LogP contribution in [-0.4, -0.2) is 49.2 Å². The number of benzene rings is 2. The highest BCUT2D eigenvalue weighted by molar-refractivity contribution is 5.88. The SMILES string of the molecule is COc1ccc(C2(C(=O)N3CCCC(c4cccc(-c5ccccc5F)n4)C3)CCOCC2)cc1. The van der Waals surface area contributed by atoms with E-state index in [4.69, 9.17) is 14.5 Å². The second kappa shape index (κ2) is 10.2. The van der Waals surface area contributed by atoms with Crippen molar-refractivity contribution >= 4 is 5.91 Å². The zero-order valence-electron chi connectivity index (χ0n) is 20.1. The summed E-state index contributed by atoms with van der Waals surface area (Å²) in [5, 5.41) is 0. The Morgan fingerprint density at radius 2 is 1.83 bits per heavy atom. The van der Waals surface area contributed by atoms with Gasteiger partial charge in [-0.1, -0.05) is 30.3 Å². The minimum absolute atomic E-state index is 0.118. The van der Waals surface area contributed by atoms with Gasteiger partial charge in [0.2, 0.25) is 5.91 Å². The van der Waals surface area contributed by atoms with Crippen molar-refractivity contribution in [3.05, 3.63) is 83.8 Å². The lowest BCUT2D eigenvalue weighted by Crippen LogP contribution is -2.52. The van der Waals surface area contributed by atoms with Gasteiger partial charge in [0, 0.05) is 43.5 Å². The van der Waals surface area contributed by atoms with E-state index in [1.54, 1.807) is 19.2 Å². The standard InChI is InChI=1S/C29H31FN2O3/c1-34-23-13-11-22(12-14-23)29(15-18-35-19-16-29)28(33)32-17-5-6-21(20-32)26-9-4-10-27(31-26)24-7-2-3-8-25(24)30/h2-4,7-14,21H,5-6,15-20H2,1H3. The van der Waals surface area contributed by atoms with Crippen LogP contribution in [0.1, 0.15) is 42.9 Å². The average Bonchev–Trinajstić information content (AvgIpc) is 2.93. The topological polar surface area (TPSA) is 51.7 Å². The summed E-state index contributed by atoms with van der Waals surface area (Å²) in [6.45, 7) is 2.50. The van der Waals surface area contributed by atoms with Gasteiger partial charge in [0.05, 0.1) is 18.2 Å². The van der Waals surface area contributed by atoms with Crippen LogP contribution in [0.2, 0.25) is 0 Å². The van der Waals surface area contributed by atoms with Gasteiger partial charge >= 0.3 is 0 Å². The number of aromatic nitrogens is 1. The molecule has 3 heterocycles. The number of ether oxygens (including phenoxy) is 2. The second-order valence-corrected chi connectivity index (χ2v) is 9.44. The molecule has 35 heavy (non-hydrogen) atoms. The Balaban J connectivity index is 1.40. The van der Waals surface area contributed by atoms with Gasteiger partial charge in [0.1, 0.15) is 11.6 Å². The Morgan fingerprint density at radius 1 is 1.06 bits per heavy atom. The van der Waals surface area contributed by atoms with Gasteiger partial charge < -0.3 is 14.4 Å². The van der Waals surface area contributed by atoms with E-state index in [1.807, 2.05) is 53.4 Å². The van der Waals surface area contributed by atoms with Crippen molar-refractivity contribution in [2.45, 2.75) is 37.0 Å². The molecule has 0 radical (unpaired) electrons. The summed E-state index contributed by atoms with van der Waals surface area (Å²) in [5.74, 6) is 0.786. The van der Waals surface area contributed by atoms with Crippen LogP contribution in [0.25, 0.3) is 11.3 Å². The summed E-state index contributed by atoms with van der Waals surface area (Å²) in [5.41, 5.74) is 2.47. The van der Waals surface area contributed by atoms with Crippen LogP contribution in [-0.2, 0) is 14.9 Å². The lowest BCUT2D eigenvalue weighted by atomic mass is 9.72. The molecule has 2 aliphatic rings. The Labute approximate surface area is 205 Å². The van der Waals surface area contributed by atoms with Crippen molar-refractivity contribution < 1.29 is 18.7 Å².